The SMILES string of the molecule is CC1Cc2ccccc2N1c1nccc(C(=O)NCCc2c[nH]c3ccccc23)n1. The normalized spacial score (nSPS) is 15.4. The van der Waals surface area contributed by atoms with E-state index in [0.29, 0.717) is 18.2 Å². The number of hydrogen-bond acceptors (Lipinski definition) is 4. The molecule has 0 spiro atoms. The zero-order chi connectivity index (χ0) is 20.5. The maximum absolute atomic E-state index is 12.7. The summed E-state index contributed by atoms with van der Waals surface area (Å²) in [6, 6.07) is 18.4. The van der Waals surface area contributed by atoms with E-state index in [-0.39, 0.29) is 11.9 Å². The average Bonchev–Trinajstić information content (AvgIpc) is 3.34. The predicted octanol–water partition coefficient (Wildman–Crippen LogP) is 4.01. The second-order valence-corrected chi connectivity index (χ2v) is 7.66. The molecule has 2 aromatic carbocycles. The van der Waals surface area contributed by atoms with Gasteiger partial charge < -0.3 is 15.2 Å². The molecule has 0 aliphatic carbocycles. The van der Waals surface area contributed by atoms with Gasteiger partial charge in [0.1, 0.15) is 5.69 Å². The molecule has 30 heavy (non-hydrogen) atoms. The summed E-state index contributed by atoms with van der Waals surface area (Å²) >= 11 is 0. The molecular weight excluding hydrogens is 374 g/mol. The quantitative estimate of drug-likeness (QED) is 0.534. The van der Waals surface area contributed by atoms with E-state index >= 15 is 0 Å². The van der Waals surface area contributed by atoms with Crippen molar-refractivity contribution in [1.29, 1.82) is 0 Å². The second-order valence-electron chi connectivity index (χ2n) is 7.66. The minimum absolute atomic E-state index is 0.182. The van der Waals surface area contributed by atoms with Gasteiger partial charge in [0.2, 0.25) is 5.95 Å². The number of carbonyl (C=O) groups is 1. The highest BCUT2D eigenvalue weighted by molar-refractivity contribution is 5.92. The molecule has 150 valence electrons. The second kappa shape index (κ2) is 7.63. The molecule has 1 unspecified atom stereocenters. The minimum Gasteiger partial charge on any atom is -0.361 e. The van der Waals surface area contributed by atoms with Crippen LogP contribution >= 0.6 is 0 Å². The molecule has 6 nitrogen and oxygen atoms in total. The Labute approximate surface area is 175 Å². The van der Waals surface area contributed by atoms with E-state index in [4.69, 9.17) is 0 Å². The fraction of sp³-hybridized carbons (Fsp3) is 0.208. The molecule has 0 saturated carbocycles. The first-order valence-electron chi connectivity index (χ1n) is 10.2. The monoisotopic (exact) mass is 397 g/mol. The lowest BCUT2D eigenvalue weighted by Gasteiger charge is -2.22. The van der Waals surface area contributed by atoms with Crippen LogP contribution in [0, 0.1) is 0 Å². The van der Waals surface area contributed by atoms with E-state index in [1.165, 1.54) is 16.5 Å². The van der Waals surface area contributed by atoms with Gasteiger partial charge in [0.25, 0.3) is 5.91 Å². The van der Waals surface area contributed by atoms with E-state index < -0.39 is 0 Å². The van der Waals surface area contributed by atoms with Gasteiger partial charge in [0.15, 0.2) is 0 Å². The first kappa shape index (κ1) is 18.4. The minimum atomic E-state index is -0.182. The van der Waals surface area contributed by atoms with Crippen molar-refractivity contribution in [2.45, 2.75) is 25.8 Å². The van der Waals surface area contributed by atoms with Gasteiger partial charge in [-0.15, -0.1) is 0 Å². The maximum Gasteiger partial charge on any atom is 0.270 e. The van der Waals surface area contributed by atoms with Gasteiger partial charge >= 0.3 is 0 Å². The van der Waals surface area contributed by atoms with E-state index in [0.717, 1.165) is 24.0 Å². The number of H-pyrrole nitrogens is 1. The number of aromatic amines is 1. The average molecular weight is 397 g/mol. The number of rotatable bonds is 5. The maximum atomic E-state index is 12.7. The summed E-state index contributed by atoms with van der Waals surface area (Å²) in [5.41, 5.74) is 5.08. The van der Waals surface area contributed by atoms with E-state index in [1.807, 2.05) is 30.5 Å². The fourth-order valence-electron chi connectivity index (χ4n) is 4.20. The highest BCUT2D eigenvalue weighted by Gasteiger charge is 2.29. The Morgan fingerprint density at radius 1 is 1.17 bits per heavy atom. The van der Waals surface area contributed by atoms with Crippen molar-refractivity contribution >= 4 is 28.4 Å². The van der Waals surface area contributed by atoms with Crippen molar-refractivity contribution in [1.82, 2.24) is 20.3 Å². The topological polar surface area (TPSA) is 73.9 Å². The summed E-state index contributed by atoms with van der Waals surface area (Å²) < 4.78 is 0. The first-order valence-corrected chi connectivity index (χ1v) is 10.2. The van der Waals surface area contributed by atoms with E-state index in [1.54, 1.807) is 12.3 Å². The van der Waals surface area contributed by atoms with Crippen LogP contribution in [-0.2, 0) is 12.8 Å². The lowest BCUT2D eigenvalue weighted by molar-refractivity contribution is 0.0949. The number of hydrogen-bond donors (Lipinski definition) is 2. The lowest BCUT2D eigenvalue weighted by atomic mass is 10.1. The molecule has 2 N–H and O–H groups in total. The molecule has 1 amide bonds. The van der Waals surface area contributed by atoms with Crippen LogP contribution in [0.1, 0.15) is 28.5 Å². The highest BCUT2D eigenvalue weighted by atomic mass is 16.1. The number of benzene rings is 2. The summed E-state index contributed by atoms with van der Waals surface area (Å²) in [6.45, 7) is 2.69. The van der Waals surface area contributed by atoms with Crippen LogP contribution < -0.4 is 10.2 Å². The molecular formula is C24H23N5O. The fourth-order valence-corrected chi connectivity index (χ4v) is 4.20. The van der Waals surface area contributed by atoms with Crippen molar-refractivity contribution in [2.75, 3.05) is 11.4 Å². The van der Waals surface area contributed by atoms with Crippen molar-refractivity contribution < 1.29 is 4.79 Å². The molecule has 0 fully saturated rings. The van der Waals surface area contributed by atoms with Gasteiger partial charge in [0, 0.05) is 41.6 Å². The van der Waals surface area contributed by atoms with Gasteiger partial charge in [0.05, 0.1) is 0 Å². The third kappa shape index (κ3) is 3.30. The Morgan fingerprint density at radius 2 is 2.00 bits per heavy atom. The number of aromatic nitrogens is 3. The molecule has 1 atom stereocenters. The van der Waals surface area contributed by atoms with Crippen molar-refractivity contribution in [2.24, 2.45) is 0 Å². The number of carbonyl (C=O) groups excluding carboxylic acids is 1. The predicted molar refractivity (Wildman–Crippen MR) is 118 cm³/mol. The first-order chi connectivity index (χ1) is 14.7. The summed E-state index contributed by atoms with van der Waals surface area (Å²) in [7, 11) is 0. The number of fused-ring (bicyclic) bond motifs is 2. The van der Waals surface area contributed by atoms with Crippen molar-refractivity contribution in [3.8, 4) is 0 Å². The van der Waals surface area contributed by atoms with Crippen LogP contribution in [0.5, 0.6) is 0 Å². The van der Waals surface area contributed by atoms with Crippen molar-refractivity contribution in [3.63, 3.8) is 0 Å². The van der Waals surface area contributed by atoms with Crippen LogP contribution in [0.3, 0.4) is 0 Å². The lowest BCUT2D eigenvalue weighted by Crippen LogP contribution is -2.29. The molecule has 2 aromatic heterocycles. The Balaban J connectivity index is 1.29. The Hall–Kier alpha value is -3.67. The zero-order valence-corrected chi connectivity index (χ0v) is 16.8. The van der Waals surface area contributed by atoms with Gasteiger partial charge in [-0.1, -0.05) is 36.4 Å². The number of amides is 1. The van der Waals surface area contributed by atoms with Gasteiger partial charge in [-0.05, 0) is 49.1 Å². The van der Waals surface area contributed by atoms with Crippen molar-refractivity contribution in [3.05, 3.63) is 83.8 Å². The number of anilines is 2. The van der Waals surface area contributed by atoms with Crippen LogP contribution in [0.4, 0.5) is 11.6 Å². The smallest absolute Gasteiger partial charge is 0.270 e. The standard InChI is InChI=1S/C24H23N5O/c1-16-14-17-6-2-5-9-22(17)29(16)24-26-13-11-21(28-24)23(30)25-12-10-18-15-27-20-8-4-3-7-19(18)20/h2-9,11,13,15-16,27H,10,12,14H2,1H3,(H,25,30). The van der Waals surface area contributed by atoms with Crippen LogP contribution in [-0.4, -0.2) is 33.4 Å². The molecule has 0 saturated heterocycles. The largest absolute Gasteiger partial charge is 0.361 e. The number of para-hydroxylation sites is 2. The van der Waals surface area contributed by atoms with E-state index in [2.05, 4.69) is 56.4 Å². The number of nitrogens with one attached hydrogen (secondary N) is 2. The molecule has 3 heterocycles. The van der Waals surface area contributed by atoms with E-state index in [9.17, 15) is 4.79 Å². The third-order valence-electron chi connectivity index (χ3n) is 5.65. The molecule has 0 radical (unpaired) electrons. The Morgan fingerprint density at radius 3 is 2.93 bits per heavy atom. The molecule has 5 rings (SSSR count). The highest BCUT2D eigenvalue weighted by Crippen LogP contribution is 2.36. The van der Waals surface area contributed by atoms with Crippen LogP contribution in [0.15, 0.2) is 67.0 Å². The zero-order valence-electron chi connectivity index (χ0n) is 16.8. The molecule has 1 aliphatic rings. The summed E-state index contributed by atoms with van der Waals surface area (Å²) in [5, 5.41) is 4.18. The van der Waals surface area contributed by atoms with Gasteiger partial charge in [-0.3, -0.25) is 4.79 Å². The molecule has 6 heteroatoms. The third-order valence-corrected chi connectivity index (χ3v) is 5.65. The summed E-state index contributed by atoms with van der Waals surface area (Å²) in [6.07, 6.45) is 5.36. The molecule has 4 aromatic rings. The Bertz CT molecular complexity index is 1210. The van der Waals surface area contributed by atoms with Crippen LogP contribution in [0.25, 0.3) is 10.9 Å². The van der Waals surface area contributed by atoms with Gasteiger partial charge in [-0.2, -0.15) is 0 Å². The Kier molecular flexibility index (Phi) is 4.67. The van der Waals surface area contributed by atoms with Gasteiger partial charge in [-0.25, -0.2) is 9.97 Å². The van der Waals surface area contributed by atoms with Crippen LogP contribution in [0.2, 0.25) is 0 Å². The molecule has 1 aliphatic heterocycles. The molecule has 0 bridgehead atoms. The summed E-state index contributed by atoms with van der Waals surface area (Å²) in [4.78, 5) is 27.1. The number of nitrogens with zero attached hydrogens (tertiary/aromatic N) is 3. The summed E-state index contributed by atoms with van der Waals surface area (Å²) in [5.74, 6) is 0.385.